The summed E-state index contributed by atoms with van der Waals surface area (Å²) in [7, 11) is 1.42. The number of carbonyl (C=O) groups excluding carboxylic acids is 2. The van der Waals surface area contributed by atoms with Crippen molar-refractivity contribution in [1.82, 2.24) is 0 Å². The third kappa shape index (κ3) is 3.46. The third-order valence-corrected chi connectivity index (χ3v) is 2.36. The lowest BCUT2D eigenvalue weighted by molar-refractivity contribution is -0.107. The number of ether oxygens (including phenoxy) is 2. The lowest BCUT2D eigenvalue weighted by Crippen LogP contribution is -2.04. The Morgan fingerprint density at radius 2 is 2.16 bits per heavy atom. The maximum Gasteiger partial charge on any atom is 0.249 e. The number of nitrogens with zero attached hydrogens (tertiary/aromatic N) is 3. The van der Waals surface area contributed by atoms with Crippen LogP contribution in [0.2, 0.25) is 0 Å². The van der Waals surface area contributed by atoms with Crippen LogP contribution in [0, 0.1) is 0 Å². The molecule has 100 valence electrons. The minimum Gasteiger partial charge on any atom is -0.496 e. The standard InChI is InChI=1S/C12H13N3O4/c1-3-19-11-7-8(12(17)14-15-13)6-10(18-2)9(11)4-5-16/h5-7H,3-4H2,1-2H3. The first-order chi connectivity index (χ1) is 9.17. The minimum absolute atomic E-state index is 0.106. The fourth-order valence-electron chi connectivity index (χ4n) is 1.59. The van der Waals surface area contributed by atoms with Gasteiger partial charge in [0.05, 0.1) is 13.7 Å². The Labute approximate surface area is 109 Å². The van der Waals surface area contributed by atoms with Crippen LogP contribution in [0.5, 0.6) is 11.5 Å². The van der Waals surface area contributed by atoms with E-state index in [0.717, 1.165) is 6.29 Å². The van der Waals surface area contributed by atoms with Gasteiger partial charge in [-0.25, -0.2) is 0 Å². The van der Waals surface area contributed by atoms with Crippen LogP contribution in [0.3, 0.4) is 0 Å². The van der Waals surface area contributed by atoms with Crippen LogP contribution in [0.1, 0.15) is 22.8 Å². The second kappa shape index (κ2) is 7.03. The molecule has 0 aliphatic heterocycles. The number of aldehydes is 1. The summed E-state index contributed by atoms with van der Waals surface area (Å²) in [6.07, 6.45) is 0.823. The predicted molar refractivity (Wildman–Crippen MR) is 67.4 cm³/mol. The Morgan fingerprint density at radius 1 is 1.47 bits per heavy atom. The molecular weight excluding hydrogens is 250 g/mol. The molecule has 7 nitrogen and oxygen atoms in total. The number of hydrogen-bond acceptors (Lipinski definition) is 4. The molecule has 7 heteroatoms. The zero-order chi connectivity index (χ0) is 14.3. The molecule has 0 aliphatic carbocycles. The average Bonchev–Trinajstić information content (AvgIpc) is 2.41. The first kappa shape index (κ1) is 14.5. The Morgan fingerprint density at radius 3 is 2.68 bits per heavy atom. The van der Waals surface area contributed by atoms with Crippen molar-refractivity contribution in [2.75, 3.05) is 13.7 Å². The molecule has 19 heavy (non-hydrogen) atoms. The van der Waals surface area contributed by atoms with Gasteiger partial charge in [0, 0.05) is 22.5 Å². The molecule has 1 aromatic rings. The van der Waals surface area contributed by atoms with E-state index in [4.69, 9.17) is 15.0 Å². The summed E-state index contributed by atoms with van der Waals surface area (Å²) in [5, 5.41) is 3.01. The number of amides is 1. The first-order valence-electron chi connectivity index (χ1n) is 5.54. The van der Waals surface area contributed by atoms with Crippen molar-refractivity contribution in [1.29, 1.82) is 0 Å². The summed E-state index contributed by atoms with van der Waals surface area (Å²) in [5.74, 6) is -0.0283. The summed E-state index contributed by atoms with van der Waals surface area (Å²) >= 11 is 0. The van der Waals surface area contributed by atoms with Gasteiger partial charge in [-0.1, -0.05) is 0 Å². The van der Waals surface area contributed by atoms with E-state index in [1.165, 1.54) is 19.2 Å². The van der Waals surface area contributed by atoms with E-state index in [1.807, 2.05) is 0 Å². The highest BCUT2D eigenvalue weighted by Crippen LogP contribution is 2.31. The number of hydrogen-bond donors (Lipinski definition) is 0. The summed E-state index contributed by atoms with van der Waals surface area (Å²) in [5.41, 5.74) is 8.96. The number of rotatable bonds is 6. The van der Waals surface area contributed by atoms with Crippen molar-refractivity contribution >= 4 is 12.2 Å². The lowest BCUT2D eigenvalue weighted by atomic mass is 10.1. The zero-order valence-electron chi connectivity index (χ0n) is 10.6. The topological polar surface area (TPSA) is 101 Å². The monoisotopic (exact) mass is 263 g/mol. The fourth-order valence-corrected chi connectivity index (χ4v) is 1.59. The van der Waals surface area contributed by atoms with Crippen molar-refractivity contribution < 1.29 is 19.1 Å². The van der Waals surface area contributed by atoms with E-state index in [2.05, 4.69) is 10.0 Å². The Bertz CT molecular complexity index is 536. The number of carbonyl (C=O) groups is 2. The van der Waals surface area contributed by atoms with Gasteiger partial charge < -0.3 is 14.3 Å². The molecule has 1 rings (SSSR count). The fraction of sp³-hybridized carbons (Fsp3) is 0.333. The van der Waals surface area contributed by atoms with E-state index in [0.29, 0.717) is 23.7 Å². The SMILES string of the molecule is CCOc1cc(C(=O)N=[N+]=[N-])cc(OC)c1CC=O. The van der Waals surface area contributed by atoms with Crippen molar-refractivity contribution in [3.05, 3.63) is 33.7 Å². The molecule has 0 heterocycles. The quantitative estimate of drug-likeness (QED) is 0.340. The Balaban J connectivity index is 3.38. The normalized spacial score (nSPS) is 9.37. The molecule has 1 amide bonds. The summed E-state index contributed by atoms with van der Waals surface area (Å²) in [6, 6.07) is 2.85. The van der Waals surface area contributed by atoms with Crippen molar-refractivity contribution in [3.63, 3.8) is 0 Å². The molecule has 0 aromatic heterocycles. The maximum atomic E-state index is 11.5. The van der Waals surface area contributed by atoms with Gasteiger partial charge in [-0.15, -0.1) is 0 Å². The second-order valence-corrected chi connectivity index (χ2v) is 3.45. The minimum atomic E-state index is -0.737. The van der Waals surface area contributed by atoms with E-state index in [1.54, 1.807) is 6.92 Å². The number of benzene rings is 1. The molecule has 0 saturated heterocycles. The highest BCUT2D eigenvalue weighted by atomic mass is 16.5. The highest BCUT2D eigenvalue weighted by Gasteiger charge is 2.15. The van der Waals surface area contributed by atoms with Gasteiger partial charge in [0.1, 0.15) is 17.8 Å². The van der Waals surface area contributed by atoms with Crippen LogP contribution in [-0.4, -0.2) is 25.9 Å². The molecule has 0 N–H and O–H groups in total. The van der Waals surface area contributed by atoms with Crippen LogP contribution in [0.15, 0.2) is 17.2 Å². The van der Waals surface area contributed by atoms with Gasteiger partial charge >= 0.3 is 0 Å². The molecule has 0 aliphatic rings. The van der Waals surface area contributed by atoms with Gasteiger partial charge in [0.2, 0.25) is 5.91 Å². The Hall–Kier alpha value is -2.53. The largest absolute Gasteiger partial charge is 0.496 e. The van der Waals surface area contributed by atoms with Crippen LogP contribution in [0.25, 0.3) is 10.4 Å². The summed E-state index contributed by atoms with van der Waals surface area (Å²) in [6.45, 7) is 2.15. The first-order valence-corrected chi connectivity index (χ1v) is 5.54. The van der Waals surface area contributed by atoms with Crippen molar-refractivity contribution in [2.24, 2.45) is 5.11 Å². The molecule has 0 atom stereocenters. The molecule has 0 bridgehead atoms. The lowest BCUT2D eigenvalue weighted by Gasteiger charge is -2.14. The van der Waals surface area contributed by atoms with Crippen LogP contribution >= 0.6 is 0 Å². The third-order valence-electron chi connectivity index (χ3n) is 2.36. The summed E-state index contributed by atoms with van der Waals surface area (Å²) in [4.78, 5) is 24.7. The smallest absolute Gasteiger partial charge is 0.249 e. The molecule has 0 radical (unpaired) electrons. The molecule has 0 unspecified atom stereocenters. The number of azide groups is 1. The van der Waals surface area contributed by atoms with Crippen molar-refractivity contribution in [3.8, 4) is 11.5 Å². The van der Waals surface area contributed by atoms with E-state index < -0.39 is 5.91 Å². The maximum absolute atomic E-state index is 11.5. The summed E-state index contributed by atoms with van der Waals surface area (Å²) < 4.78 is 10.5. The average molecular weight is 263 g/mol. The molecule has 0 spiro atoms. The van der Waals surface area contributed by atoms with Gasteiger partial charge in [0.25, 0.3) is 0 Å². The van der Waals surface area contributed by atoms with Crippen LogP contribution < -0.4 is 9.47 Å². The molecule has 0 fully saturated rings. The predicted octanol–water partition coefficient (Wildman–Crippen LogP) is 2.29. The van der Waals surface area contributed by atoms with E-state index in [9.17, 15) is 9.59 Å². The molecule has 1 aromatic carbocycles. The van der Waals surface area contributed by atoms with Crippen molar-refractivity contribution in [2.45, 2.75) is 13.3 Å². The van der Waals surface area contributed by atoms with Gasteiger partial charge in [0.15, 0.2) is 0 Å². The molecule has 0 saturated carbocycles. The Kier molecular flexibility index (Phi) is 5.37. The van der Waals surface area contributed by atoms with Crippen LogP contribution in [0.4, 0.5) is 0 Å². The number of methoxy groups -OCH3 is 1. The highest BCUT2D eigenvalue weighted by molar-refractivity contribution is 5.96. The second-order valence-electron chi connectivity index (χ2n) is 3.45. The van der Waals surface area contributed by atoms with Gasteiger partial charge in [-0.3, -0.25) is 4.79 Å². The van der Waals surface area contributed by atoms with Crippen LogP contribution in [-0.2, 0) is 11.2 Å². The van der Waals surface area contributed by atoms with E-state index >= 15 is 0 Å². The van der Waals surface area contributed by atoms with Gasteiger partial charge in [-0.05, 0) is 29.7 Å². The zero-order valence-corrected chi connectivity index (χ0v) is 10.6. The van der Waals surface area contributed by atoms with Gasteiger partial charge in [-0.2, -0.15) is 0 Å². The van der Waals surface area contributed by atoms with E-state index in [-0.39, 0.29) is 12.0 Å². The molecular formula is C12H13N3O4.